The first-order valence-corrected chi connectivity index (χ1v) is 5.55. The van der Waals surface area contributed by atoms with Crippen LogP contribution in [0.15, 0.2) is 36.3 Å². The fraction of sp³-hybridized carbons (Fsp3) is 0.100. The molecule has 6 nitrogen and oxygen atoms in total. The van der Waals surface area contributed by atoms with Crippen molar-refractivity contribution in [3.8, 4) is 23.2 Å². The van der Waals surface area contributed by atoms with Gasteiger partial charge in [-0.3, -0.25) is 0 Å². The summed E-state index contributed by atoms with van der Waals surface area (Å²) in [6, 6.07) is 5.22. The Hall–Kier alpha value is -1.89. The lowest BCUT2D eigenvalue weighted by Gasteiger charge is -1.83. The highest BCUT2D eigenvalue weighted by Crippen LogP contribution is 2.25. The third kappa shape index (κ3) is 1.89. The van der Waals surface area contributed by atoms with Crippen LogP contribution in [0.4, 0.5) is 0 Å². The summed E-state index contributed by atoms with van der Waals surface area (Å²) in [5.74, 6) is 1.86. The third-order valence-corrected chi connectivity index (χ3v) is 2.49. The molecule has 0 aliphatic rings. The number of aromatic nitrogens is 3. The number of furan rings is 1. The van der Waals surface area contributed by atoms with E-state index in [2.05, 4.69) is 31.2 Å². The van der Waals surface area contributed by atoms with Crippen molar-refractivity contribution < 1.29 is 13.5 Å². The average molecular weight is 296 g/mol. The Balaban J connectivity index is 1.98. The van der Waals surface area contributed by atoms with Gasteiger partial charge < -0.3 is 13.5 Å². The summed E-state index contributed by atoms with van der Waals surface area (Å²) in [5.41, 5.74) is 0.506. The summed E-state index contributed by atoms with van der Waals surface area (Å²) in [5, 5.41) is 7.59. The first-order chi connectivity index (χ1) is 8.22. The molecule has 3 rings (SSSR count). The lowest BCUT2D eigenvalue weighted by atomic mass is 10.4. The molecule has 0 unspecified atom stereocenters. The second-order valence-electron chi connectivity index (χ2n) is 3.35. The molecule has 86 valence electrons. The van der Waals surface area contributed by atoms with E-state index in [4.69, 9.17) is 13.5 Å². The largest absolute Gasteiger partial charge is 0.446 e. The molecule has 0 aliphatic heterocycles. The van der Waals surface area contributed by atoms with Crippen LogP contribution in [0.25, 0.3) is 23.2 Å². The zero-order valence-corrected chi connectivity index (χ0v) is 10.3. The Labute approximate surface area is 104 Å². The van der Waals surface area contributed by atoms with Crippen LogP contribution in [-0.2, 0) is 0 Å². The minimum absolute atomic E-state index is 0.296. The van der Waals surface area contributed by atoms with Crippen molar-refractivity contribution in [2.45, 2.75) is 6.92 Å². The molecule has 0 bridgehead atoms. The third-order valence-electron chi connectivity index (χ3n) is 2.07. The first kappa shape index (κ1) is 10.3. The van der Waals surface area contributed by atoms with Crippen molar-refractivity contribution in [2.24, 2.45) is 0 Å². The van der Waals surface area contributed by atoms with Gasteiger partial charge in [-0.2, -0.15) is 4.98 Å². The van der Waals surface area contributed by atoms with Gasteiger partial charge in [0, 0.05) is 6.07 Å². The van der Waals surface area contributed by atoms with Crippen LogP contribution in [-0.4, -0.2) is 15.3 Å². The van der Waals surface area contributed by atoms with E-state index >= 15 is 0 Å². The van der Waals surface area contributed by atoms with E-state index in [0.29, 0.717) is 33.6 Å². The zero-order valence-electron chi connectivity index (χ0n) is 8.68. The molecular formula is C10H6BrN3O3. The van der Waals surface area contributed by atoms with Gasteiger partial charge in [-0.25, -0.2) is 0 Å². The number of rotatable bonds is 2. The Bertz CT molecular complexity index is 600. The van der Waals surface area contributed by atoms with Gasteiger partial charge in [0.2, 0.25) is 5.82 Å². The Kier molecular flexibility index (Phi) is 2.32. The van der Waals surface area contributed by atoms with E-state index in [1.807, 2.05) is 0 Å². The van der Waals surface area contributed by atoms with Crippen LogP contribution >= 0.6 is 15.9 Å². The Morgan fingerprint density at radius 2 is 2.06 bits per heavy atom. The predicted octanol–water partition coefficient (Wildman–Crippen LogP) is 3.06. The van der Waals surface area contributed by atoms with Crippen LogP contribution in [0.1, 0.15) is 5.76 Å². The van der Waals surface area contributed by atoms with Gasteiger partial charge in [0.15, 0.2) is 16.1 Å². The molecule has 0 saturated carbocycles. The minimum Gasteiger partial charge on any atom is -0.446 e. The molecule has 3 aromatic rings. The van der Waals surface area contributed by atoms with Crippen LogP contribution in [0.5, 0.6) is 0 Å². The lowest BCUT2D eigenvalue weighted by molar-refractivity contribution is 0.390. The maximum absolute atomic E-state index is 5.31. The summed E-state index contributed by atoms with van der Waals surface area (Å²) < 4.78 is 15.9. The van der Waals surface area contributed by atoms with Crippen molar-refractivity contribution >= 4 is 15.9 Å². The smallest absolute Gasteiger partial charge is 0.280 e. The Morgan fingerprint density at radius 1 is 1.18 bits per heavy atom. The molecule has 0 amide bonds. The minimum atomic E-state index is 0.296. The number of hydrogen-bond donors (Lipinski definition) is 0. The topological polar surface area (TPSA) is 78.1 Å². The van der Waals surface area contributed by atoms with Gasteiger partial charge in [-0.15, -0.1) is 0 Å². The number of nitrogens with zero attached hydrogens (tertiary/aromatic N) is 3. The van der Waals surface area contributed by atoms with Crippen molar-refractivity contribution in [3.63, 3.8) is 0 Å². The van der Waals surface area contributed by atoms with Crippen molar-refractivity contribution in [1.82, 2.24) is 15.3 Å². The highest BCUT2D eigenvalue weighted by Gasteiger charge is 2.15. The highest BCUT2D eigenvalue weighted by molar-refractivity contribution is 9.10. The van der Waals surface area contributed by atoms with E-state index in [0.717, 1.165) is 0 Å². The second-order valence-corrected chi connectivity index (χ2v) is 4.13. The average Bonchev–Trinajstić information content (AvgIpc) is 2.96. The molecule has 3 heterocycles. The summed E-state index contributed by atoms with van der Waals surface area (Å²) in [4.78, 5) is 4.16. The normalized spacial score (nSPS) is 10.9. The van der Waals surface area contributed by atoms with Crippen molar-refractivity contribution in [3.05, 3.63) is 28.6 Å². The monoisotopic (exact) mass is 295 g/mol. The molecule has 17 heavy (non-hydrogen) atoms. The van der Waals surface area contributed by atoms with Gasteiger partial charge in [0.05, 0.1) is 0 Å². The van der Waals surface area contributed by atoms with Gasteiger partial charge >= 0.3 is 0 Å². The molecule has 0 saturated heterocycles. The highest BCUT2D eigenvalue weighted by atomic mass is 79.9. The summed E-state index contributed by atoms with van der Waals surface area (Å²) in [7, 11) is 0. The molecular weight excluding hydrogens is 290 g/mol. The maximum Gasteiger partial charge on any atom is 0.280 e. The molecule has 7 heteroatoms. The van der Waals surface area contributed by atoms with E-state index in [9.17, 15) is 0 Å². The second kappa shape index (κ2) is 3.85. The Morgan fingerprint density at radius 3 is 2.71 bits per heavy atom. The molecule has 0 aromatic carbocycles. The summed E-state index contributed by atoms with van der Waals surface area (Å²) >= 11 is 3.20. The lowest BCUT2D eigenvalue weighted by Crippen LogP contribution is -1.78. The fourth-order valence-corrected chi connectivity index (χ4v) is 1.64. The van der Waals surface area contributed by atoms with Crippen molar-refractivity contribution in [1.29, 1.82) is 0 Å². The van der Waals surface area contributed by atoms with Crippen LogP contribution < -0.4 is 0 Å². The summed E-state index contributed by atoms with van der Waals surface area (Å²) in [6.07, 6.45) is 0. The first-order valence-electron chi connectivity index (χ1n) is 4.75. The van der Waals surface area contributed by atoms with Crippen molar-refractivity contribution in [2.75, 3.05) is 0 Å². The van der Waals surface area contributed by atoms with Crippen LogP contribution in [0.3, 0.4) is 0 Å². The molecule has 0 spiro atoms. The molecule has 0 N–H and O–H groups in total. The number of hydrogen-bond acceptors (Lipinski definition) is 6. The van der Waals surface area contributed by atoms with Gasteiger partial charge in [-0.1, -0.05) is 10.3 Å². The molecule has 0 radical (unpaired) electrons. The van der Waals surface area contributed by atoms with E-state index in [1.54, 1.807) is 25.1 Å². The predicted molar refractivity (Wildman–Crippen MR) is 59.9 cm³/mol. The molecule has 0 aliphatic carbocycles. The summed E-state index contributed by atoms with van der Waals surface area (Å²) in [6.45, 7) is 1.79. The fourth-order valence-electron chi connectivity index (χ4n) is 1.33. The van der Waals surface area contributed by atoms with E-state index in [1.165, 1.54) is 0 Å². The van der Waals surface area contributed by atoms with E-state index < -0.39 is 0 Å². The van der Waals surface area contributed by atoms with Gasteiger partial charge in [-0.05, 0) is 35.0 Å². The quantitative estimate of drug-likeness (QED) is 0.723. The van der Waals surface area contributed by atoms with Crippen LogP contribution in [0.2, 0.25) is 0 Å². The van der Waals surface area contributed by atoms with Gasteiger partial charge in [0.1, 0.15) is 5.76 Å². The molecule has 0 atom stereocenters. The standard InChI is InChI=1S/C10H6BrN3O3/c1-5-4-6(13-16-5)10-12-9(14-17-10)7-2-3-8(11)15-7/h2-4H,1H3. The van der Waals surface area contributed by atoms with Gasteiger partial charge in [0.25, 0.3) is 5.89 Å². The molecule has 0 fully saturated rings. The molecule has 3 aromatic heterocycles. The van der Waals surface area contributed by atoms with E-state index in [-0.39, 0.29) is 0 Å². The zero-order chi connectivity index (χ0) is 11.8. The number of halogens is 1. The van der Waals surface area contributed by atoms with Crippen LogP contribution in [0, 0.1) is 6.92 Å². The SMILES string of the molecule is Cc1cc(-c2nc(-c3ccc(Br)o3)no2)no1. The number of aryl methyl sites for hydroxylation is 1. The maximum atomic E-state index is 5.31.